The van der Waals surface area contributed by atoms with E-state index in [9.17, 15) is 21.6 Å². The summed E-state index contributed by atoms with van der Waals surface area (Å²) in [5, 5.41) is 0. The van der Waals surface area contributed by atoms with Crippen LogP contribution in [0.5, 0.6) is 0 Å². The van der Waals surface area contributed by atoms with Gasteiger partial charge in [0.05, 0.1) is 0 Å². The van der Waals surface area contributed by atoms with Crippen molar-refractivity contribution in [2.24, 2.45) is 0 Å². The van der Waals surface area contributed by atoms with Crippen LogP contribution in [0.15, 0.2) is 35.2 Å². The number of aryl methyl sites for hydroxylation is 1. The molecule has 0 amide bonds. The number of benzene rings is 2. The standard InChI is InChI=1S/C18H19F3N2O2S/c1-12-4-3-5-15(13(12)2)22-8-10-23(11-9-22)26(24,25)16-7-6-14(19)17(20)18(16)21/h3-7H,8-11H2,1-2H3. The summed E-state index contributed by atoms with van der Waals surface area (Å²) in [6.07, 6.45) is 0. The molecule has 1 aliphatic rings. The van der Waals surface area contributed by atoms with E-state index < -0.39 is 32.4 Å². The van der Waals surface area contributed by atoms with Gasteiger partial charge in [0.1, 0.15) is 4.90 Å². The number of piperazine rings is 1. The molecule has 0 saturated carbocycles. The molecule has 2 aromatic rings. The van der Waals surface area contributed by atoms with Gasteiger partial charge in [0.15, 0.2) is 17.5 Å². The minimum absolute atomic E-state index is 0.133. The molecule has 4 nitrogen and oxygen atoms in total. The van der Waals surface area contributed by atoms with E-state index in [1.54, 1.807) is 0 Å². The highest BCUT2D eigenvalue weighted by molar-refractivity contribution is 7.89. The van der Waals surface area contributed by atoms with Gasteiger partial charge in [-0.3, -0.25) is 0 Å². The molecular weight excluding hydrogens is 365 g/mol. The summed E-state index contributed by atoms with van der Waals surface area (Å²) in [6, 6.07) is 7.31. The third-order valence-corrected chi connectivity index (χ3v) is 6.69. The van der Waals surface area contributed by atoms with Gasteiger partial charge in [-0.05, 0) is 43.2 Å². The predicted molar refractivity (Wildman–Crippen MR) is 93.2 cm³/mol. The molecule has 0 spiro atoms. The Morgan fingerprint density at radius 1 is 0.885 bits per heavy atom. The van der Waals surface area contributed by atoms with E-state index in [0.29, 0.717) is 19.2 Å². The monoisotopic (exact) mass is 384 g/mol. The first kappa shape index (κ1) is 18.7. The Kier molecular flexibility index (Phi) is 4.98. The lowest BCUT2D eigenvalue weighted by Gasteiger charge is -2.36. The van der Waals surface area contributed by atoms with Crippen molar-refractivity contribution in [2.45, 2.75) is 18.7 Å². The van der Waals surface area contributed by atoms with Crippen LogP contribution in [0.3, 0.4) is 0 Å². The molecule has 1 saturated heterocycles. The van der Waals surface area contributed by atoms with Crippen LogP contribution in [-0.2, 0) is 10.0 Å². The molecule has 0 aliphatic carbocycles. The van der Waals surface area contributed by atoms with Gasteiger partial charge in [0.25, 0.3) is 0 Å². The average molecular weight is 384 g/mol. The topological polar surface area (TPSA) is 40.6 Å². The van der Waals surface area contributed by atoms with Gasteiger partial charge in [0.2, 0.25) is 10.0 Å². The summed E-state index contributed by atoms with van der Waals surface area (Å²) in [5.74, 6) is -4.87. The predicted octanol–water partition coefficient (Wildman–Crippen LogP) is 3.23. The highest BCUT2D eigenvalue weighted by Crippen LogP contribution is 2.27. The number of rotatable bonds is 3. The lowest BCUT2D eigenvalue weighted by molar-refractivity contribution is 0.377. The SMILES string of the molecule is Cc1cccc(N2CCN(S(=O)(=O)c3ccc(F)c(F)c3F)CC2)c1C. The maximum Gasteiger partial charge on any atom is 0.246 e. The third kappa shape index (κ3) is 3.19. The van der Waals surface area contributed by atoms with Crippen LogP contribution < -0.4 is 4.90 Å². The Morgan fingerprint density at radius 3 is 2.19 bits per heavy atom. The smallest absolute Gasteiger partial charge is 0.246 e. The number of halogens is 3. The largest absolute Gasteiger partial charge is 0.369 e. The zero-order chi connectivity index (χ0) is 19.1. The minimum atomic E-state index is -4.23. The summed E-state index contributed by atoms with van der Waals surface area (Å²) in [4.78, 5) is 1.23. The van der Waals surface area contributed by atoms with Crippen LogP contribution in [-0.4, -0.2) is 38.9 Å². The first-order valence-electron chi connectivity index (χ1n) is 8.18. The normalized spacial score (nSPS) is 16.1. The van der Waals surface area contributed by atoms with E-state index in [0.717, 1.165) is 27.2 Å². The van der Waals surface area contributed by atoms with Crippen LogP contribution in [0.2, 0.25) is 0 Å². The Balaban J connectivity index is 1.81. The van der Waals surface area contributed by atoms with E-state index in [1.165, 1.54) is 0 Å². The maximum absolute atomic E-state index is 13.9. The Hall–Kier alpha value is -2.06. The van der Waals surface area contributed by atoms with Crippen LogP contribution in [0, 0.1) is 31.3 Å². The molecule has 1 heterocycles. The van der Waals surface area contributed by atoms with Crippen molar-refractivity contribution in [3.8, 4) is 0 Å². The fraction of sp³-hybridized carbons (Fsp3) is 0.333. The van der Waals surface area contributed by atoms with Gasteiger partial charge < -0.3 is 4.90 Å². The average Bonchev–Trinajstić information content (AvgIpc) is 2.62. The second kappa shape index (κ2) is 6.92. The van der Waals surface area contributed by atoms with Crippen molar-refractivity contribution in [3.63, 3.8) is 0 Å². The zero-order valence-electron chi connectivity index (χ0n) is 14.5. The first-order chi connectivity index (χ1) is 12.2. The Morgan fingerprint density at radius 2 is 1.54 bits per heavy atom. The molecule has 0 N–H and O–H groups in total. The van der Waals surface area contributed by atoms with Gasteiger partial charge in [-0.1, -0.05) is 12.1 Å². The molecular formula is C18H19F3N2O2S. The van der Waals surface area contributed by atoms with Crippen LogP contribution in [0.25, 0.3) is 0 Å². The van der Waals surface area contributed by atoms with Crippen LogP contribution >= 0.6 is 0 Å². The number of hydrogen-bond acceptors (Lipinski definition) is 3. The fourth-order valence-corrected chi connectivity index (χ4v) is 4.57. The second-order valence-electron chi connectivity index (χ2n) is 6.28. The van der Waals surface area contributed by atoms with Gasteiger partial charge in [0, 0.05) is 31.9 Å². The second-order valence-corrected chi connectivity index (χ2v) is 8.19. The molecule has 0 radical (unpaired) electrons. The van der Waals surface area contributed by atoms with E-state index in [1.807, 2.05) is 32.0 Å². The Bertz CT molecular complexity index is 940. The summed E-state index contributed by atoms with van der Waals surface area (Å²) >= 11 is 0. The maximum atomic E-state index is 13.9. The number of nitrogens with zero attached hydrogens (tertiary/aromatic N) is 2. The minimum Gasteiger partial charge on any atom is -0.369 e. The van der Waals surface area contributed by atoms with E-state index in [4.69, 9.17) is 0 Å². The van der Waals surface area contributed by atoms with Crippen molar-refractivity contribution >= 4 is 15.7 Å². The summed E-state index contributed by atoms with van der Waals surface area (Å²) in [5.41, 5.74) is 3.29. The van der Waals surface area contributed by atoms with Crippen molar-refractivity contribution in [3.05, 3.63) is 58.9 Å². The van der Waals surface area contributed by atoms with Crippen molar-refractivity contribution in [1.29, 1.82) is 0 Å². The van der Waals surface area contributed by atoms with Gasteiger partial charge >= 0.3 is 0 Å². The van der Waals surface area contributed by atoms with Gasteiger partial charge in [-0.15, -0.1) is 0 Å². The molecule has 8 heteroatoms. The summed E-state index contributed by atoms with van der Waals surface area (Å²) in [6.45, 7) is 5.13. The summed E-state index contributed by atoms with van der Waals surface area (Å²) in [7, 11) is -4.23. The zero-order valence-corrected chi connectivity index (χ0v) is 15.3. The van der Waals surface area contributed by atoms with E-state index >= 15 is 0 Å². The van der Waals surface area contributed by atoms with E-state index in [2.05, 4.69) is 4.90 Å². The van der Waals surface area contributed by atoms with Crippen LogP contribution in [0.1, 0.15) is 11.1 Å². The fourth-order valence-electron chi connectivity index (χ4n) is 3.09. The Labute approximate surface area is 150 Å². The third-order valence-electron chi connectivity index (χ3n) is 4.77. The van der Waals surface area contributed by atoms with Crippen molar-refractivity contribution in [2.75, 3.05) is 31.1 Å². The summed E-state index contributed by atoms with van der Waals surface area (Å²) < 4.78 is 66.7. The molecule has 0 unspecified atom stereocenters. The molecule has 2 aromatic carbocycles. The molecule has 1 fully saturated rings. The quantitative estimate of drug-likeness (QED) is 0.763. The molecule has 140 valence electrons. The molecule has 1 aliphatic heterocycles. The van der Waals surface area contributed by atoms with Gasteiger partial charge in [-0.25, -0.2) is 21.6 Å². The highest BCUT2D eigenvalue weighted by Gasteiger charge is 2.32. The number of anilines is 1. The molecule has 0 aromatic heterocycles. The van der Waals surface area contributed by atoms with Crippen molar-refractivity contribution in [1.82, 2.24) is 4.31 Å². The van der Waals surface area contributed by atoms with E-state index in [-0.39, 0.29) is 13.1 Å². The lowest BCUT2D eigenvalue weighted by atomic mass is 10.1. The highest BCUT2D eigenvalue weighted by atomic mass is 32.2. The lowest BCUT2D eigenvalue weighted by Crippen LogP contribution is -2.49. The number of hydrogen-bond donors (Lipinski definition) is 0. The van der Waals surface area contributed by atoms with Gasteiger partial charge in [-0.2, -0.15) is 4.31 Å². The molecule has 3 rings (SSSR count). The van der Waals surface area contributed by atoms with Crippen LogP contribution in [0.4, 0.5) is 18.9 Å². The molecule has 0 atom stereocenters. The molecule has 26 heavy (non-hydrogen) atoms. The van der Waals surface area contributed by atoms with Crippen molar-refractivity contribution < 1.29 is 21.6 Å². The molecule has 0 bridgehead atoms. The number of sulfonamides is 1. The first-order valence-corrected chi connectivity index (χ1v) is 9.62.